The zero-order valence-corrected chi connectivity index (χ0v) is 16.2. The summed E-state index contributed by atoms with van der Waals surface area (Å²) < 4.78 is 5.85. The summed E-state index contributed by atoms with van der Waals surface area (Å²) in [6, 6.07) is 26.0. The van der Waals surface area contributed by atoms with Crippen LogP contribution in [0.25, 0.3) is 33.9 Å². The molecule has 0 atom stereocenters. The number of allylic oxidation sites excluding steroid dienone is 1. The van der Waals surface area contributed by atoms with Crippen LogP contribution >= 0.6 is 0 Å². The highest BCUT2D eigenvalue weighted by Crippen LogP contribution is 2.39. The summed E-state index contributed by atoms with van der Waals surface area (Å²) in [5, 5.41) is 0. The fourth-order valence-corrected chi connectivity index (χ4v) is 4.06. The van der Waals surface area contributed by atoms with Crippen LogP contribution in [0, 0.1) is 13.8 Å². The number of fused-ring (bicyclic) bond motifs is 1. The molecule has 0 radical (unpaired) electrons. The Labute approximate surface area is 166 Å². The Morgan fingerprint density at radius 1 is 0.714 bits per heavy atom. The molecule has 0 amide bonds. The van der Waals surface area contributed by atoms with Gasteiger partial charge in [-0.1, -0.05) is 72.8 Å². The Balaban J connectivity index is 1.53. The van der Waals surface area contributed by atoms with Crippen molar-refractivity contribution in [3.05, 3.63) is 107 Å². The van der Waals surface area contributed by atoms with Crippen molar-refractivity contribution in [2.24, 2.45) is 0 Å². The average Bonchev–Trinajstić information content (AvgIpc) is 3.32. The van der Waals surface area contributed by atoms with Gasteiger partial charge < -0.3 is 4.42 Å². The maximum absolute atomic E-state index is 5.85. The first-order valence-electron chi connectivity index (χ1n) is 9.74. The summed E-state index contributed by atoms with van der Waals surface area (Å²) in [6.45, 7) is 4.24. The van der Waals surface area contributed by atoms with Gasteiger partial charge in [-0.25, -0.2) is 0 Å². The molecule has 1 aromatic heterocycles. The standard InChI is InChI=1S/C27H22O/c1-18-17-28-27(19(18)2)24-15-23-9-6-10-25(26(23)16-24)22-13-11-21(12-14-22)20-7-4-3-5-8-20/h3-14,16-17H,15H2,1-2H3. The molecular formula is C27H22O. The van der Waals surface area contributed by atoms with Crippen LogP contribution in [0.5, 0.6) is 0 Å². The molecular weight excluding hydrogens is 340 g/mol. The summed E-state index contributed by atoms with van der Waals surface area (Å²) in [7, 11) is 0. The molecule has 0 bridgehead atoms. The Morgan fingerprint density at radius 2 is 1.43 bits per heavy atom. The molecule has 0 saturated heterocycles. The molecule has 1 aliphatic carbocycles. The van der Waals surface area contributed by atoms with Gasteiger partial charge in [0.25, 0.3) is 0 Å². The molecule has 1 heteroatoms. The first kappa shape index (κ1) is 16.8. The van der Waals surface area contributed by atoms with Crippen LogP contribution in [0.3, 0.4) is 0 Å². The van der Waals surface area contributed by atoms with Gasteiger partial charge in [0.1, 0.15) is 5.76 Å². The Hall–Kier alpha value is -3.32. The monoisotopic (exact) mass is 362 g/mol. The molecule has 0 spiro atoms. The first-order chi connectivity index (χ1) is 13.7. The fraction of sp³-hybridized carbons (Fsp3) is 0.111. The molecule has 136 valence electrons. The van der Waals surface area contributed by atoms with Gasteiger partial charge in [0.05, 0.1) is 6.26 Å². The van der Waals surface area contributed by atoms with E-state index >= 15 is 0 Å². The van der Waals surface area contributed by atoms with Crippen molar-refractivity contribution < 1.29 is 4.42 Å². The molecule has 0 saturated carbocycles. The average molecular weight is 362 g/mol. The normalized spacial score (nSPS) is 12.7. The SMILES string of the molecule is Cc1coc(C2=Cc3c(cccc3-c3ccc(-c4ccccc4)cc3)C2)c1C. The lowest BCUT2D eigenvalue weighted by Gasteiger charge is -2.09. The van der Waals surface area contributed by atoms with Gasteiger partial charge in [0, 0.05) is 12.0 Å². The lowest BCUT2D eigenvalue weighted by atomic mass is 9.95. The van der Waals surface area contributed by atoms with Crippen LogP contribution in [-0.2, 0) is 6.42 Å². The molecule has 0 fully saturated rings. The van der Waals surface area contributed by atoms with E-state index in [1.165, 1.54) is 50.1 Å². The van der Waals surface area contributed by atoms with Gasteiger partial charge in [-0.3, -0.25) is 0 Å². The summed E-state index contributed by atoms with van der Waals surface area (Å²) in [5.41, 5.74) is 11.4. The Bertz CT molecular complexity index is 1170. The zero-order valence-electron chi connectivity index (χ0n) is 16.2. The van der Waals surface area contributed by atoms with Gasteiger partial charge in [-0.15, -0.1) is 0 Å². The second-order valence-corrected chi connectivity index (χ2v) is 7.54. The van der Waals surface area contributed by atoms with E-state index < -0.39 is 0 Å². The number of hydrogen-bond acceptors (Lipinski definition) is 1. The van der Waals surface area contributed by atoms with Gasteiger partial charge in [-0.05, 0) is 64.4 Å². The first-order valence-corrected chi connectivity index (χ1v) is 9.74. The van der Waals surface area contributed by atoms with Crippen LogP contribution < -0.4 is 0 Å². The van der Waals surface area contributed by atoms with Crippen LogP contribution in [0.1, 0.15) is 28.0 Å². The van der Waals surface area contributed by atoms with Crippen molar-refractivity contribution in [1.29, 1.82) is 0 Å². The van der Waals surface area contributed by atoms with Crippen molar-refractivity contribution in [2.45, 2.75) is 20.3 Å². The second kappa shape index (κ2) is 6.69. The number of rotatable bonds is 3. The van der Waals surface area contributed by atoms with Gasteiger partial charge in [0.2, 0.25) is 0 Å². The predicted molar refractivity (Wildman–Crippen MR) is 117 cm³/mol. The van der Waals surface area contributed by atoms with E-state index in [4.69, 9.17) is 4.42 Å². The van der Waals surface area contributed by atoms with Crippen molar-refractivity contribution >= 4 is 11.6 Å². The van der Waals surface area contributed by atoms with Crippen molar-refractivity contribution in [1.82, 2.24) is 0 Å². The summed E-state index contributed by atoms with van der Waals surface area (Å²) in [4.78, 5) is 0. The largest absolute Gasteiger partial charge is 0.464 e. The number of hydrogen-bond donors (Lipinski definition) is 0. The quantitative estimate of drug-likeness (QED) is 0.372. The highest BCUT2D eigenvalue weighted by atomic mass is 16.3. The molecule has 0 unspecified atom stereocenters. The van der Waals surface area contributed by atoms with Gasteiger partial charge in [-0.2, -0.15) is 0 Å². The topological polar surface area (TPSA) is 13.1 Å². The van der Waals surface area contributed by atoms with Crippen molar-refractivity contribution in [3.8, 4) is 22.3 Å². The maximum Gasteiger partial charge on any atom is 0.133 e. The second-order valence-electron chi connectivity index (χ2n) is 7.54. The maximum atomic E-state index is 5.85. The molecule has 5 rings (SSSR count). The van der Waals surface area contributed by atoms with Crippen molar-refractivity contribution in [3.63, 3.8) is 0 Å². The van der Waals surface area contributed by atoms with Crippen LogP contribution in [-0.4, -0.2) is 0 Å². The van der Waals surface area contributed by atoms with Gasteiger partial charge in [0.15, 0.2) is 0 Å². The fourth-order valence-electron chi connectivity index (χ4n) is 4.06. The molecule has 0 aliphatic heterocycles. The minimum atomic E-state index is 0.930. The predicted octanol–water partition coefficient (Wildman–Crippen LogP) is 7.33. The minimum absolute atomic E-state index is 0.930. The summed E-state index contributed by atoms with van der Waals surface area (Å²) >= 11 is 0. The van der Waals surface area contributed by atoms with E-state index in [9.17, 15) is 0 Å². The smallest absolute Gasteiger partial charge is 0.133 e. The minimum Gasteiger partial charge on any atom is -0.464 e. The molecule has 0 N–H and O–H groups in total. The number of furan rings is 1. The summed E-state index contributed by atoms with van der Waals surface area (Å²) in [6.07, 6.45) is 5.10. The molecule has 28 heavy (non-hydrogen) atoms. The Kier molecular flexibility index (Phi) is 4.02. The summed E-state index contributed by atoms with van der Waals surface area (Å²) in [5.74, 6) is 1.03. The lowest BCUT2D eigenvalue weighted by Crippen LogP contribution is -1.88. The van der Waals surface area contributed by atoms with Crippen LogP contribution in [0.2, 0.25) is 0 Å². The third kappa shape index (κ3) is 2.80. The lowest BCUT2D eigenvalue weighted by molar-refractivity contribution is 0.548. The third-order valence-corrected chi connectivity index (χ3v) is 5.78. The molecule has 1 heterocycles. The highest BCUT2D eigenvalue weighted by Gasteiger charge is 2.21. The van der Waals surface area contributed by atoms with Gasteiger partial charge >= 0.3 is 0 Å². The van der Waals surface area contributed by atoms with Crippen LogP contribution in [0.15, 0.2) is 83.5 Å². The number of aryl methyl sites for hydroxylation is 1. The molecule has 4 aromatic rings. The zero-order chi connectivity index (χ0) is 19.1. The number of benzene rings is 3. The van der Waals surface area contributed by atoms with Crippen LogP contribution in [0.4, 0.5) is 0 Å². The molecule has 3 aromatic carbocycles. The third-order valence-electron chi connectivity index (χ3n) is 5.78. The molecule has 1 nitrogen and oxygen atoms in total. The van der Waals surface area contributed by atoms with E-state index in [1.807, 2.05) is 6.26 Å². The van der Waals surface area contributed by atoms with E-state index in [1.54, 1.807) is 0 Å². The van der Waals surface area contributed by atoms with E-state index in [0.29, 0.717) is 0 Å². The molecule has 1 aliphatic rings. The van der Waals surface area contributed by atoms with E-state index in [2.05, 4.69) is 92.7 Å². The van der Waals surface area contributed by atoms with Crippen molar-refractivity contribution in [2.75, 3.05) is 0 Å². The highest BCUT2D eigenvalue weighted by molar-refractivity contribution is 5.93. The van der Waals surface area contributed by atoms with E-state index in [0.717, 1.165) is 12.2 Å². The Morgan fingerprint density at radius 3 is 2.14 bits per heavy atom. The van der Waals surface area contributed by atoms with E-state index in [-0.39, 0.29) is 0 Å².